The number of carbonyl (C=O) groups excluding carboxylic acids is 1. The van der Waals surface area contributed by atoms with E-state index in [4.69, 9.17) is 0 Å². The molecule has 0 N–H and O–H groups in total. The van der Waals surface area contributed by atoms with Crippen molar-refractivity contribution >= 4 is 28.9 Å². The lowest BCUT2D eigenvalue weighted by Crippen LogP contribution is -2.03. The first kappa shape index (κ1) is 10.1. The van der Waals surface area contributed by atoms with Crippen LogP contribution in [0.2, 0.25) is 0 Å². The van der Waals surface area contributed by atoms with Gasteiger partial charge in [-0.15, -0.1) is 23.1 Å². The normalized spacial score (nSPS) is 14.2. The Hall–Kier alpha value is -1.06. The molecule has 0 saturated carbocycles. The van der Waals surface area contributed by atoms with Gasteiger partial charge < -0.3 is 0 Å². The van der Waals surface area contributed by atoms with E-state index in [0.717, 1.165) is 27.3 Å². The Morgan fingerprint density at radius 1 is 1.25 bits per heavy atom. The second-order valence-electron chi connectivity index (χ2n) is 3.82. The molecule has 80 valence electrons. The van der Waals surface area contributed by atoms with Crippen molar-refractivity contribution in [3.63, 3.8) is 0 Å². The van der Waals surface area contributed by atoms with Crippen LogP contribution in [0.3, 0.4) is 0 Å². The number of fused-ring (bicyclic) bond motifs is 2. The van der Waals surface area contributed by atoms with Gasteiger partial charge in [-0.05, 0) is 30.0 Å². The molecule has 0 amide bonds. The third-order valence-electron chi connectivity index (χ3n) is 2.81. The zero-order chi connectivity index (χ0) is 11.1. The molecule has 3 heteroatoms. The minimum Gasteiger partial charge on any atom is -0.289 e. The molecule has 0 bridgehead atoms. The molecule has 1 aromatic carbocycles. The Bertz CT molecular complexity index is 569. The lowest BCUT2D eigenvalue weighted by Gasteiger charge is -2.06. The molecule has 1 aliphatic rings. The minimum atomic E-state index is 0.189. The Morgan fingerprint density at radius 3 is 3.00 bits per heavy atom. The highest BCUT2D eigenvalue weighted by Gasteiger charge is 2.23. The van der Waals surface area contributed by atoms with Gasteiger partial charge in [-0.2, -0.15) is 0 Å². The quantitative estimate of drug-likeness (QED) is 0.701. The number of hydrogen-bond donors (Lipinski definition) is 0. The summed E-state index contributed by atoms with van der Waals surface area (Å²) in [4.78, 5) is 14.7. The van der Waals surface area contributed by atoms with Crippen LogP contribution in [0.15, 0.2) is 34.5 Å². The number of rotatable bonds is 0. The first-order valence-corrected chi connectivity index (χ1v) is 6.97. The summed E-state index contributed by atoms with van der Waals surface area (Å²) >= 11 is 3.44. The van der Waals surface area contributed by atoms with E-state index in [0.29, 0.717) is 0 Å². The number of ketones is 1. The van der Waals surface area contributed by atoms with Crippen LogP contribution in [0.5, 0.6) is 0 Å². The van der Waals surface area contributed by atoms with E-state index in [-0.39, 0.29) is 5.78 Å². The molecule has 0 saturated heterocycles. The van der Waals surface area contributed by atoms with Gasteiger partial charge in [0.15, 0.2) is 5.78 Å². The molecule has 0 spiro atoms. The maximum atomic E-state index is 12.4. The van der Waals surface area contributed by atoms with Crippen LogP contribution in [-0.4, -0.2) is 5.78 Å². The van der Waals surface area contributed by atoms with Gasteiger partial charge in [0.25, 0.3) is 0 Å². The van der Waals surface area contributed by atoms with Crippen molar-refractivity contribution in [2.45, 2.75) is 17.6 Å². The van der Waals surface area contributed by atoms with E-state index < -0.39 is 0 Å². The number of aryl methyl sites for hydroxylation is 1. The van der Waals surface area contributed by atoms with Gasteiger partial charge in [0, 0.05) is 26.7 Å². The Kier molecular flexibility index (Phi) is 2.37. The van der Waals surface area contributed by atoms with Crippen molar-refractivity contribution in [3.05, 3.63) is 51.2 Å². The first-order chi connectivity index (χ1) is 7.77. The summed E-state index contributed by atoms with van der Waals surface area (Å²) in [6.45, 7) is 2.01. The topological polar surface area (TPSA) is 17.1 Å². The lowest BCUT2D eigenvalue weighted by atomic mass is 10.00. The summed E-state index contributed by atoms with van der Waals surface area (Å²) in [5.41, 5.74) is 2.87. The predicted molar refractivity (Wildman–Crippen MR) is 68.5 cm³/mol. The third-order valence-corrected chi connectivity index (χ3v) is 5.00. The summed E-state index contributed by atoms with van der Waals surface area (Å²) in [5.74, 6) is 1.10. The maximum Gasteiger partial charge on any atom is 0.195 e. The summed E-state index contributed by atoms with van der Waals surface area (Å²) in [7, 11) is 0. The molecule has 0 unspecified atom stereocenters. The SMILES string of the molecule is Cc1cccc2c1C(=O)c1ccsc1CS2. The largest absolute Gasteiger partial charge is 0.289 e. The van der Waals surface area contributed by atoms with Gasteiger partial charge in [0.05, 0.1) is 0 Å². The number of thiophene rings is 1. The van der Waals surface area contributed by atoms with Crippen molar-refractivity contribution in [1.29, 1.82) is 0 Å². The Labute approximate surface area is 103 Å². The molecule has 0 radical (unpaired) electrons. The molecule has 2 heterocycles. The third kappa shape index (κ3) is 1.43. The van der Waals surface area contributed by atoms with Crippen LogP contribution in [0.1, 0.15) is 26.4 Å². The van der Waals surface area contributed by atoms with Crippen LogP contribution in [0, 0.1) is 6.92 Å². The van der Waals surface area contributed by atoms with Gasteiger partial charge in [0.2, 0.25) is 0 Å². The number of carbonyl (C=O) groups is 1. The van der Waals surface area contributed by atoms with E-state index >= 15 is 0 Å². The Balaban J connectivity index is 2.26. The first-order valence-electron chi connectivity index (χ1n) is 5.11. The second kappa shape index (κ2) is 3.75. The smallest absolute Gasteiger partial charge is 0.195 e. The molecule has 0 atom stereocenters. The molecule has 1 aliphatic heterocycles. The fourth-order valence-electron chi connectivity index (χ4n) is 1.98. The Morgan fingerprint density at radius 2 is 2.12 bits per heavy atom. The summed E-state index contributed by atoms with van der Waals surface area (Å²) < 4.78 is 0. The molecule has 1 aromatic heterocycles. The van der Waals surface area contributed by atoms with Crippen molar-refractivity contribution in [3.8, 4) is 0 Å². The standard InChI is InChI=1S/C13H10OS2/c1-8-3-2-4-10-12(8)13(14)9-5-6-15-11(9)7-16-10/h2-6H,7H2,1H3. The van der Waals surface area contributed by atoms with Crippen LogP contribution < -0.4 is 0 Å². The van der Waals surface area contributed by atoms with Gasteiger partial charge in [0.1, 0.15) is 0 Å². The average Bonchev–Trinajstić information content (AvgIpc) is 2.69. The highest BCUT2D eigenvalue weighted by atomic mass is 32.2. The zero-order valence-corrected chi connectivity index (χ0v) is 10.5. The summed E-state index contributed by atoms with van der Waals surface area (Å²) in [5, 5.41) is 2.01. The molecule has 3 rings (SSSR count). The van der Waals surface area contributed by atoms with Crippen molar-refractivity contribution in [1.82, 2.24) is 0 Å². The van der Waals surface area contributed by atoms with Gasteiger partial charge in [-0.1, -0.05) is 12.1 Å². The van der Waals surface area contributed by atoms with E-state index in [9.17, 15) is 4.79 Å². The van der Waals surface area contributed by atoms with E-state index in [1.54, 1.807) is 23.1 Å². The lowest BCUT2D eigenvalue weighted by molar-refractivity contribution is 0.103. The van der Waals surface area contributed by atoms with Crippen LogP contribution in [0.25, 0.3) is 0 Å². The highest BCUT2D eigenvalue weighted by molar-refractivity contribution is 7.98. The van der Waals surface area contributed by atoms with Crippen molar-refractivity contribution in [2.75, 3.05) is 0 Å². The van der Waals surface area contributed by atoms with Crippen molar-refractivity contribution < 1.29 is 4.79 Å². The van der Waals surface area contributed by atoms with Gasteiger partial charge >= 0.3 is 0 Å². The molecular formula is C13H10OS2. The van der Waals surface area contributed by atoms with E-state index in [2.05, 4.69) is 0 Å². The fraction of sp³-hybridized carbons (Fsp3) is 0.154. The minimum absolute atomic E-state index is 0.189. The average molecular weight is 246 g/mol. The predicted octanol–water partition coefficient (Wildman–Crippen LogP) is 3.89. The van der Waals surface area contributed by atoms with Gasteiger partial charge in [-0.25, -0.2) is 0 Å². The second-order valence-corrected chi connectivity index (χ2v) is 5.84. The van der Waals surface area contributed by atoms with E-state index in [1.165, 1.54) is 4.88 Å². The van der Waals surface area contributed by atoms with Gasteiger partial charge in [-0.3, -0.25) is 4.79 Å². The highest BCUT2D eigenvalue weighted by Crippen LogP contribution is 2.37. The van der Waals surface area contributed by atoms with Crippen LogP contribution >= 0.6 is 23.1 Å². The zero-order valence-electron chi connectivity index (χ0n) is 8.82. The van der Waals surface area contributed by atoms with E-state index in [1.807, 2.05) is 36.6 Å². The number of hydrogen-bond acceptors (Lipinski definition) is 3. The van der Waals surface area contributed by atoms with Crippen LogP contribution in [0.4, 0.5) is 0 Å². The summed E-state index contributed by atoms with van der Waals surface area (Å²) in [6.07, 6.45) is 0. The maximum absolute atomic E-state index is 12.4. The molecule has 16 heavy (non-hydrogen) atoms. The molecule has 0 fully saturated rings. The number of benzene rings is 1. The van der Waals surface area contributed by atoms with Crippen LogP contribution in [-0.2, 0) is 5.75 Å². The monoisotopic (exact) mass is 246 g/mol. The van der Waals surface area contributed by atoms with Crippen molar-refractivity contribution in [2.24, 2.45) is 0 Å². The fourth-order valence-corrected chi connectivity index (χ4v) is 4.10. The number of thioether (sulfide) groups is 1. The molecule has 2 aromatic rings. The molecular weight excluding hydrogens is 236 g/mol. The molecule has 0 aliphatic carbocycles. The molecule has 1 nitrogen and oxygen atoms in total. The summed E-state index contributed by atoms with van der Waals surface area (Å²) in [6, 6.07) is 8.02.